The van der Waals surface area contributed by atoms with Gasteiger partial charge in [0.15, 0.2) is 0 Å². The first-order chi connectivity index (χ1) is 8.74. The van der Waals surface area contributed by atoms with Crippen molar-refractivity contribution in [2.24, 2.45) is 11.7 Å². The first kappa shape index (κ1) is 13.5. The van der Waals surface area contributed by atoms with E-state index in [0.717, 1.165) is 6.54 Å². The molecule has 0 radical (unpaired) electrons. The van der Waals surface area contributed by atoms with Crippen molar-refractivity contribution in [2.45, 2.75) is 45.2 Å². The van der Waals surface area contributed by atoms with E-state index >= 15 is 0 Å². The third kappa shape index (κ3) is 2.90. The van der Waals surface area contributed by atoms with Crippen molar-refractivity contribution in [3.63, 3.8) is 0 Å². The summed E-state index contributed by atoms with van der Waals surface area (Å²) in [4.78, 5) is 6.88. The van der Waals surface area contributed by atoms with Gasteiger partial charge in [-0.3, -0.25) is 9.88 Å². The summed E-state index contributed by atoms with van der Waals surface area (Å²) in [6.07, 6.45) is 7.66. The maximum Gasteiger partial charge on any atom is 0.0406 e. The molecule has 2 atom stereocenters. The largest absolute Gasteiger partial charge is 0.330 e. The molecule has 2 heterocycles. The lowest BCUT2D eigenvalue weighted by Crippen LogP contribution is -2.39. The Labute approximate surface area is 110 Å². The highest BCUT2D eigenvalue weighted by atomic mass is 15.2. The third-order valence-corrected chi connectivity index (χ3v) is 4.04. The third-order valence-electron chi connectivity index (χ3n) is 4.04. The Kier molecular flexibility index (Phi) is 4.72. The Bertz CT molecular complexity index is 350. The molecule has 2 N–H and O–H groups in total. The molecule has 0 spiro atoms. The minimum atomic E-state index is 0.436. The Morgan fingerprint density at radius 3 is 2.89 bits per heavy atom. The summed E-state index contributed by atoms with van der Waals surface area (Å²) in [5.41, 5.74) is 7.34. The van der Waals surface area contributed by atoms with Crippen LogP contribution in [0.1, 0.15) is 44.7 Å². The molecular weight excluding hydrogens is 222 g/mol. The molecule has 1 aromatic heterocycles. The Hall–Kier alpha value is -0.930. The van der Waals surface area contributed by atoms with Gasteiger partial charge in [0.2, 0.25) is 0 Å². The molecule has 0 amide bonds. The normalized spacial score (nSPS) is 26.2. The Morgan fingerprint density at radius 1 is 1.44 bits per heavy atom. The summed E-state index contributed by atoms with van der Waals surface area (Å²) < 4.78 is 0. The van der Waals surface area contributed by atoms with Crippen molar-refractivity contribution in [2.75, 3.05) is 13.1 Å². The predicted octanol–water partition coefficient (Wildman–Crippen LogP) is 2.59. The van der Waals surface area contributed by atoms with E-state index in [1.165, 1.54) is 31.4 Å². The first-order valence-electron chi connectivity index (χ1n) is 7.09. The van der Waals surface area contributed by atoms with Gasteiger partial charge < -0.3 is 5.73 Å². The van der Waals surface area contributed by atoms with Crippen LogP contribution in [0.15, 0.2) is 24.5 Å². The summed E-state index contributed by atoms with van der Waals surface area (Å²) in [5.74, 6) is 0.555. The maximum atomic E-state index is 6.02. The molecule has 0 bridgehead atoms. The van der Waals surface area contributed by atoms with E-state index in [1.807, 2.05) is 18.5 Å². The van der Waals surface area contributed by atoms with Crippen LogP contribution in [0.25, 0.3) is 0 Å². The second kappa shape index (κ2) is 6.30. The van der Waals surface area contributed by atoms with Gasteiger partial charge in [-0.1, -0.05) is 12.5 Å². The summed E-state index contributed by atoms with van der Waals surface area (Å²) in [6, 6.07) is 5.22. The van der Waals surface area contributed by atoms with Crippen molar-refractivity contribution >= 4 is 0 Å². The standard InChI is InChI=1S/C15H25N3/c1-12(2)18-9-4-3-6-13(10-16)15(18)14-7-5-8-17-11-14/h5,7-8,11-13,15H,3-4,6,9-10,16H2,1-2H3. The predicted molar refractivity (Wildman–Crippen MR) is 75.2 cm³/mol. The fraction of sp³-hybridized carbons (Fsp3) is 0.667. The highest BCUT2D eigenvalue weighted by molar-refractivity contribution is 5.16. The van der Waals surface area contributed by atoms with Gasteiger partial charge in [0, 0.05) is 24.5 Å². The minimum Gasteiger partial charge on any atom is -0.330 e. The van der Waals surface area contributed by atoms with Crippen LogP contribution in [0, 0.1) is 5.92 Å². The number of rotatable bonds is 3. The second-order valence-electron chi connectivity index (χ2n) is 5.55. The molecule has 0 aliphatic carbocycles. The van der Waals surface area contributed by atoms with Gasteiger partial charge in [-0.05, 0) is 57.3 Å². The van der Waals surface area contributed by atoms with Gasteiger partial charge in [-0.25, -0.2) is 0 Å². The van der Waals surface area contributed by atoms with Gasteiger partial charge in [-0.15, -0.1) is 0 Å². The Balaban J connectivity index is 2.32. The first-order valence-corrected chi connectivity index (χ1v) is 7.09. The van der Waals surface area contributed by atoms with Crippen LogP contribution in [-0.4, -0.2) is 29.0 Å². The lowest BCUT2D eigenvalue weighted by atomic mass is 9.89. The molecule has 1 aromatic rings. The van der Waals surface area contributed by atoms with Gasteiger partial charge >= 0.3 is 0 Å². The van der Waals surface area contributed by atoms with Crippen LogP contribution in [0.5, 0.6) is 0 Å². The fourth-order valence-electron chi connectivity index (χ4n) is 3.11. The van der Waals surface area contributed by atoms with E-state index in [1.54, 1.807) is 0 Å². The van der Waals surface area contributed by atoms with Crippen LogP contribution in [-0.2, 0) is 0 Å². The molecule has 0 saturated carbocycles. The molecule has 3 heteroatoms. The monoisotopic (exact) mass is 247 g/mol. The molecule has 100 valence electrons. The Morgan fingerprint density at radius 2 is 2.28 bits per heavy atom. The van der Waals surface area contributed by atoms with Crippen LogP contribution < -0.4 is 5.73 Å². The number of hydrogen-bond donors (Lipinski definition) is 1. The smallest absolute Gasteiger partial charge is 0.0406 e. The van der Waals surface area contributed by atoms with E-state index < -0.39 is 0 Å². The van der Waals surface area contributed by atoms with Gasteiger partial charge in [0.1, 0.15) is 0 Å². The number of aromatic nitrogens is 1. The number of pyridine rings is 1. The van der Waals surface area contributed by atoms with Crippen LogP contribution >= 0.6 is 0 Å². The van der Waals surface area contributed by atoms with Crippen molar-refractivity contribution in [1.29, 1.82) is 0 Å². The van der Waals surface area contributed by atoms with Crippen LogP contribution in [0.4, 0.5) is 0 Å². The molecule has 0 aromatic carbocycles. The lowest BCUT2D eigenvalue weighted by molar-refractivity contribution is 0.121. The lowest BCUT2D eigenvalue weighted by Gasteiger charge is -2.37. The van der Waals surface area contributed by atoms with E-state index in [0.29, 0.717) is 18.0 Å². The molecule has 1 fully saturated rings. The van der Waals surface area contributed by atoms with E-state index in [9.17, 15) is 0 Å². The van der Waals surface area contributed by atoms with E-state index in [4.69, 9.17) is 5.73 Å². The van der Waals surface area contributed by atoms with Crippen molar-refractivity contribution in [3.8, 4) is 0 Å². The van der Waals surface area contributed by atoms with Crippen molar-refractivity contribution in [1.82, 2.24) is 9.88 Å². The topological polar surface area (TPSA) is 42.1 Å². The zero-order valence-corrected chi connectivity index (χ0v) is 11.5. The number of likely N-dealkylation sites (tertiary alicyclic amines) is 1. The minimum absolute atomic E-state index is 0.436. The van der Waals surface area contributed by atoms with Gasteiger partial charge in [-0.2, -0.15) is 0 Å². The summed E-state index contributed by atoms with van der Waals surface area (Å²) in [5, 5.41) is 0. The number of nitrogens with zero attached hydrogens (tertiary/aromatic N) is 2. The van der Waals surface area contributed by atoms with Crippen molar-refractivity contribution in [3.05, 3.63) is 30.1 Å². The molecule has 2 rings (SSSR count). The molecule has 1 aliphatic heterocycles. The molecule has 1 aliphatic rings. The maximum absolute atomic E-state index is 6.02. The highest BCUT2D eigenvalue weighted by Gasteiger charge is 2.31. The average Bonchev–Trinajstić information content (AvgIpc) is 2.61. The van der Waals surface area contributed by atoms with Crippen molar-refractivity contribution < 1.29 is 0 Å². The summed E-state index contributed by atoms with van der Waals surface area (Å²) in [7, 11) is 0. The van der Waals surface area contributed by atoms with E-state index in [-0.39, 0.29) is 0 Å². The molecule has 3 nitrogen and oxygen atoms in total. The molecular formula is C15H25N3. The van der Waals surface area contributed by atoms with Gasteiger partial charge in [0.05, 0.1) is 0 Å². The second-order valence-corrected chi connectivity index (χ2v) is 5.55. The van der Waals surface area contributed by atoms with Gasteiger partial charge in [0.25, 0.3) is 0 Å². The quantitative estimate of drug-likeness (QED) is 0.892. The molecule has 18 heavy (non-hydrogen) atoms. The SMILES string of the molecule is CC(C)N1CCCCC(CN)C1c1cccnc1. The zero-order valence-electron chi connectivity index (χ0n) is 11.5. The summed E-state index contributed by atoms with van der Waals surface area (Å²) >= 11 is 0. The highest BCUT2D eigenvalue weighted by Crippen LogP contribution is 2.35. The van der Waals surface area contributed by atoms with Crippen LogP contribution in [0.3, 0.4) is 0 Å². The zero-order chi connectivity index (χ0) is 13.0. The fourth-order valence-corrected chi connectivity index (χ4v) is 3.11. The molecule has 2 unspecified atom stereocenters. The molecule has 1 saturated heterocycles. The van der Waals surface area contributed by atoms with E-state index in [2.05, 4.69) is 29.8 Å². The number of nitrogens with two attached hydrogens (primary N) is 1. The van der Waals surface area contributed by atoms with Crippen LogP contribution in [0.2, 0.25) is 0 Å². The number of hydrogen-bond acceptors (Lipinski definition) is 3. The summed E-state index contributed by atoms with van der Waals surface area (Å²) in [6.45, 7) is 6.50. The average molecular weight is 247 g/mol.